The lowest BCUT2D eigenvalue weighted by Gasteiger charge is -2.52. The molecule has 0 radical (unpaired) electrons. The first-order chi connectivity index (χ1) is 5.52. The maximum absolute atomic E-state index is 2.41. The van der Waals surface area contributed by atoms with Crippen LogP contribution in [-0.2, 0) is 0 Å². The monoisotopic (exact) mass is 281 g/mol. The number of halogens is 1. The zero-order chi connectivity index (χ0) is 9.35. The summed E-state index contributed by atoms with van der Waals surface area (Å²) in [6.45, 7) is 7.07. The van der Waals surface area contributed by atoms with Gasteiger partial charge in [-0.3, -0.25) is 0 Å². The predicted octanol–water partition coefficient (Wildman–Crippen LogP) is 3.48. The van der Waals surface area contributed by atoms with E-state index in [1.54, 1.807) is 0 Å². The van der Waals surface area contributed by atoms with Crippen LogP contribution in [0.15, 0.2) is 0 Å². The van der Waals surface area contributed by atoms with Crippen LogP contribution in [0.4, 0.5) is 0 Å². The summed E-state index contributed by atoms with van der Waals surface area (Å²) in [5, 5.41) is 0. The number of hydrogen-bond donors (Lipinski definition) is 0. The highest BCUT2D eigenvalue weighted by Crippen LogP contribution is 2.51. The van der Waals surface area contributed by atoms with E-state index in [4.69, 9.17) is 0 Å². The molecule has 0 aromatic carbocycles. The topological polar surface area (TPSA) is 3.24 Å². The van der Waals surface area contributed by atoms with Crippen LogP contribution in [0.5, 0.6) is 0 Å². The Kier molecular flexibility index (Phi) is 3.43. The van der Waals surface area contributed by atoms with Gasteiger partial charge in [-0.25, -0.2) is 3.11 Å². The van der Waals surface area contributed by atoms with Crippen LogP contribution in [0.25, 0.3) is 0 Å². The molecule has 0 atom stereocenters. The predicted molar refractivity (Wildman–Crippen MR) is 62.4 cm³/mol. The molecule has 0 heterocycles. The van der Waals surface area contributed by atoms with Gasteiger partial charge in [0.2, 0.25) is 0 Å². The van der Waals surface area contributed by atoms with Crippen LogP contribution in [0.1, 0.15) is 40.0 Å². The van der Waals surface area contributed by atoms with Crippen LogP contribution >= 0.6 is 22.9 Å². The molecule has 0 aromatic heterocycles. The van der Waals surface area contributed by atoms with E-state index >= 15 is 0 Å². The van der Waals surface area contributed by atoms with Gasteiger partial charge in [0.05, 0.1) is 0 Å². The van der Waals surface area contributed by atoms with Crippen LogP contribution in [0.2, 0.25) is 0 Å². The molecule has 1 saturated carbocycles. The molecule has 0 bridgehead atoms. The SMILES string of the molecule is CCC1(C(C)C)CC(N(C)I)C1. The summed E-state index contributed by atoms with van der Waals surface area (Å²) in [5.41, 5.74) is 0.671. The standard InChI is InChI=1S/C10H20IN/c1-5-10(8(2)3)6-9(7-10)12(4)11/h8-9H,5-7H2,1-4H3. The minimum atomic E-state index is 0.671. The van der Waals surface area contributed by atoms with Crippen molar-refractivity contribution in [3.8, 4) is 0 Å². The van der Waals surface area contributed by atoms with Gasteiger partial charge in [-0.1, -0.05) is 27.2 Å². The molecule has 0 amide bonds. The highest BCUT2D eigenvalue weighted by Gasteiger charge is 2.45. The quantitative estimate of drug-likeness (QED) is 0.565. The summed E-state index contributed by atoms with van der Waals surface area (Å²) in [6, 6.07) is 0.841. The van der Waals surface area contributed by atoms with Crippen molar-refractivity contribution in [2.45, 2.75) is 46.1 Å². The lowest BCUT2D eigenvalue weighted by molar-refractivity contribution is 0.00846. The van der Waals surface area contributed by atoms with E-state index in [0.717, 1.165) is 12.0 Å². The van der Waals surface area contributed by atoms with Crippen molar-refractivity contribution in [1.29, 1.82) is 0 Å². The Balaban J connectivity index is 2.46. The molecule has 1 aliphatic carbocycles. The van der Waals surface area contributed by atoms with Gasteiger partial charge in [0.25, 0.3) is 0 Å². The van der Waals surface area contributed by atoms with E-state index < -0.39 is 0 Å². The molecular weight excluding hydrogens is 261 g/mol. The van der Waals surface area contributed by atoms with Crippen molar-refractivity contribution in [3.63, 3.8) is 0 Å². The van der Waals surface area contributed by atoms with E-state index in [0.29, 0.717) is 5.41 Å². The van der Waals surface area contributed by atoms with Crippen LogP contribution in [-0.4, -0.2) is 16.2 Å². The van der Waals surface area contributed by atoms with Gasteiger partial charge in [0.15, 0.2) is 0 Å². The third kappa shape index (κ3) is 1.79. The third-order valence-electron chi connectivity index (χ3n) is 3.72. The molecule has 0 N–H and O–H groups in total. The van der Waals surface area contributed by atoms with Crippen molar-refractivity contribution >= 4 is 22.9 Å². The molecule has 0 aromatic rings. The maximum atomic E-state index is 2.41. The molecule has 0 aliphatic heterocycles. The second kappa shape index (κ2) is 3.82. The Hall–Kier alpha value is 0.690. The molecule has 12 heavy (non-hydrogen) atoms. The number of hydrogen-bond acceptors (Lipinski definition) is 1. The number of rotatable bonds is 3. The zero-order valence-electron chi connectivity index (χ0n) is 8.60. The highest BCUT2D eigenvalue weighted by molar-refractivity contribution is 14.1. The first kappa shape index (κ1) is 10.8. The molecule has 1 nitrogen and oxygen atoms in total. The van der Waals surface area contributed by atoms with Crippen LogP contribution in [0, 0.1) is 11.3 Å². The molecular formula is C10H20IN. The molecule has 1 rings (SSSR count). The average molecular weight is 281 g/mol. The minimum Gasteiger partial charge on any atom is -0.248 e. The Morgan fingerprint density at radius 3 is 2.25 bits per heavy atom. The van der Waals surface area contributed by atoms with E-state index in [-0.39, 0.29) is 0 Å². The highest BCUT2D eigenvalue weighted by atomic mass is 127. The van der Waals surface area contributed by atoms with Crippen LogP contribution in [0.3, 0.4) is 0 Å². The fourth-order valence-corrected chi connectivity index (χ4v) is 2.69. The Bertz CT molecular complexity index is 148. The molecule has 1 aliphatic rings. The zero-order valence-corrected chi connectivity index (χ0v) is 10.8. The molecule has 1 fully saturated rings. The number of nitrogens with zero attached hydrogens (tertiary/aromatic N) is 1. The van der Waals surface area contributed by atoms with Gasteiger partial charge in [-0.15, -0.1) is 0 Å². The van der Waals surface area contributed by atoms with E-state index in [1.807, 2.05) is 0 Å². The molecule has 0 saturated heterocycles. The Labute approximate surface area is 90.4 Å². The third-order valence-corrected chi connectivity index (χ3v) is 4.50. The van der Waals surface area contributed by atoms with Gasteiger partial charge in [-0.05, 0) is 31.2 Å². The Morgan fingerprint density at radius 1 is 1.50 bits per heavy atom. The molecule has 2 heteroatoms. The first-order valence-corrected chi connectivity index (χ1v) is 5.87. The summed E-state index contributed by atoms with van der Waals surface area (Å²) in [4.78, 5) is 0. The molecule has 72 valence electrons. The maximum Gasteiger partial charge on any atom is 0.0201 e. The summed E-state index contributed by atoms with van der Waals surface area (Å²) < 4.78 is 2.34. The summed E-state index contributed by atoms with van der Waals surface area (Å²) in [7, 11) is 2.19. The fraction of sp³-hybridized carbons (Fsp3) is 1.00. The normalized spacial score (nSPS) is 35.8. The van der Waals surface area contributed by atoms with Gasteiger partial charge in [-0.2, -0.15) is 0 Å². The van der Waals surface area contributed by atoms with E-state index in [2.05, 4.69) is 53.8 Å². The molecule has 0 spiro atoms. The van der Waals surface area contributed by atoms with Gasteiger partial charge in [0, 0.05) is 28.9 Å². The Morgan fingerprint density at radius 2 is 2.00 bits per heavy atom. The van der Waals surface area contributed by atoms with Crippen molar-refractivity contribution in [3.05, 3.63) is 0 Å². The summed E-state index contributed by atoms with van der Waals surface area (Å²) >= 11 is 2.41. The van der Waals surface area contributed by atoms with Gasteiger partial charge >= 0.3 is 0 Å². The lowest BCUT2D eigenvalue weighted by atomic mass is 9.58. The summed E-state index contributed by atoms with van der Waals surface area (Å²) in [5.74, 6) is 0.857. The van der Waals surface area contributed by atoms with Crippen molar-refractivity contribution in [2.24, 2.45) is 11.3 Å². The average Bonchev–Trinajstić information content (AvgIpc) is 1.84. The van der Waals surface area contributed by atoms with Crippen molar-refractivity contribution in [2.75, 3.05) is 7.05 Å². The van der Waals surface area contributed by atoms with Crippen molar-refractivity contribution < 1.29 is 0 Å². The smallest absolute Gasteiger partial charge is 0.0201 e. The van der Waals surface area contributed by atoms with Gasteiger partial charge < -0.3 is 0 Å². The summed E-state index contributed by atoms with van der Waals surface area (Å²) in [6.07, 6.45) is 4.16. The van der Waals surface area contributed by atoms with Gasteiger partial charge in [0.1, 0.15) is 0 Å². The van der Waals surface area contributed by atoms with Crippen molar-refractivity contribution in [1.82, 2.24) is 3.11 Å². The van der Waals surface area contributed by atoms with Crippen LogP contribution < -0.4 is 0 Å². The fourth-order valence-electron chi connectivity index (χ4n) is 2.30. The lowest BCUT2D eigenvalue weighted by Crippen LogP contribution is -2.48. The van der Waals surface area contributed by atoms with E-state index in [9.17, 15) is 0 Å². The second-order valence-corrected chi connectivity index (χ2v) is 5.98. The first-order valence-electron chi connectivity index (χ1n) is 4.90. The molecule has 0 unspecified atom stereocenters. The minimum absolute atomic E-state index is 0.671. The van der Waals surface area contributed by atoms with E-state index in [1.165, 1.54) is 19.3 Å². The largest absolute Gasteiger partial charge is 0.248 e. The second-order valence-electron chi connectivity index (χ2n) is 4.46.